The van der Waals surface area contributed by atoms with Gasteiger partial charge in [-0.2, -0.15) is 0 Å². The molecule has 0 aliphatic carbocycles. The second kappa shape index (κ2) is 7.60. The molecule has 1 aromatic carbocycles. The Morgan fingerprint density at radius 1 is 1.42 bits per heavy atom. The fourth-order valence-electron chi connectivity index (χ4n) is 2.37. The lowest BCUT2D eigenvalue weighted by atomic mass is 10.1. The van der Waals surface area contributed by atoms with Gasteiger partial charge in [0.1, 0.15) is 0 Å². The van der Waals surface area contributed by atoms with E-state index < -0.39 is 6.10 Å². The van der Waals surface area contributed by atoms with Gasteiger partial charge in [-0.1, -0.05) is 37.3 Å². The Morgan fingerprint density at radius 3 is 2.95 bits per heavy atom. The van der Waals surface area contributed by atoms with E-state index >= 15 is 0 Å². The summed E-state index contributed by atoms with van der Waals surface area (Å²) in [6, 6.07) is 9.74. The van der Waals surface area contributed by atoms with Crippen LogP contribution in [0, 0.1) is 0 Å². The molecule has 2 N–H and O–H groups in total. The fraction of sp³-hybridized carbons (Fsp3) is 0.600. The zero-order valence-electron chi connectivity index (χ0n) is 11.6. The Balaban J connectivity index is 1.69. The van der Waals surface area contributed by atoms with Crippen molar-refractivity contribution in [3.05, 3.63) is 35.9 Å². The van der Waals surface area contributed by atoms with E-state index in [-0.39, 0.29) is 6.10 Å². The summed E-state index contributed by atoms with van der Waals surface area (Å²) in [5, 5.41) is 13.3. The zero-order valence-corrected chi connectivity index (χ0v) is 11.6. The number of nitrogens with zero attached hydrogens (tertiary/aromatic N) is 1. The molecular formula is C15H24N2O2. The first-order valence-corrected chi connectivity index (χ1v) is 7.07. The number of aliphatic hydroxyl groups is 1. The predicted octanol–water partition coefficient (Wildman–Crippen LogP) is 1.03. The lowest BCUT2D eigenvalue weighted by molar-refractivity contribution is -0.0262. The third-order valence-electron chi connectivity index (χ3n) is 3.56. The molecule has 0 bridgehead atoms. The molecule has 0 saturated carbocycles. The molecule has 1 aliphatic heterocycles. The minimum absolute atomic E-state index is 0.233. The number of likely N-dealkylation sites (N-methyl/N-ethyl adjacent to an activating group) is 1. The molecule has 1 aromatic rings. The standard InChI is InChI=1S/C15H24N2O2/c1-2-17-8-9-19-14(12-17)10-16-11-15(18)13-6-4-3-5-7-13/h3-7,14-16,18H,2,8-12H2,1H3. The van der Waals surface area contributed by atoms with Crippen LogP contribution < -0.4 is 5.32 Å². The SMILES string of the molecule is CCN1CCOC(CNCC(O)c2ccccc2)C1. The minimum Gasteiger partial charge on any atom is -0.387 e. The molecule has 0 aromatic heterocycles. The van der Waals surface area contributed by atoms with Gasteiger partial charge in [0.25, 0.3) is 0 Å². The molecule has 1 heterocycles. The van der Waals surface area contributed by atoms with E-state index in [1.165, 1.54) is 0 Å². The molecule has 0 amide bonds. The number of benzene rings is 1. The third kappa shape index (κ3) is 4.58. The van der Waals surface area contributed by atoms with Crippen molar-refractivity contribution in [1.82, 2.24) is 10.2 Å². The van der Waals surface area contributed by atoms with Crippen LogP contribution >= 0.6 is 0 Å². The molecule has 0 spiro atoms. The monoisotopic (exact) mass is 264 g/mol. The number of rotatable bonds is 6. The van der Waals surface area contributed by atoms with Crippen molar-refractivity contribution in [2.24, 2.45) is 0 Å². The van der Waals surface area contributed by atoms with Crippen LogP contribution in [0.25, 0.3) is 0 Å². The molecule has 1 fully saturated rings. The third-order valence-corrected chi connectivity index (χ3v) is 3.56. The number of morpholine rings is 1. The molecule has 0 radical (unpaired) electrons. The summed E-state index contributed by atoms with van der Waals surface area (Å²) in [4.78, 5) is 2.39. The summed E-state index contributed by atoms with van der Waals surface area (Å²) in [7, 11) is 0. The van der Waals surface area contributed by atoms with Crippen molar-refractivity contribution in [1.29, 1.82) is 0 Å². The summed E-state index contributed by atoms with van der Waals surface area (Å²) in [6.45, 7) is 7.42. The van der Waals surface area contributed by atoms with Crippen LogP contribution in [0.2, 0.25) is 0 Å². The first-order valence-electron chi connectivity index (χ1n) is 7.07. The van der Waals surface area contributed by atoms with Crippen LogP contribution in [0.15, 0.2) is 30.3 Å². The van der Waals surface area contributed by atoms with Crippen LogP contribution in [0.1, 0.15) is 18.6 Å². The lowest BCUT2D eigenvalue weighted by Gasteiger charge is -2.32. The second-order valence-corrected chi connectivity index (χ2v) is 4.97. The predicted molar refractivity (Wildman–Crippen MR) is 76.1 cm³/mol. The Kier molecular flexibility index (Phi) is 5.79. The molecule has 4 heteroatoms. The van der Waals surface area contributed by atoms with E-state index in [4.69, 9.17) is 4.74 Å². The van der Waals surface area contributed by atoms with Crippen molar-refractivity contribution >= 4 is 0 Å². The number of hydrogen-bond donors (Lipinski definition) is 2. The molecule has 1 saturated heterocycles. The van der Waals surface area contributed by atoms with Gasteiger partial charge in [0, 0.05) is 26.2 Å². The van der Waals surface area contributed by atoms with Crippen molar-refractivity contribution in [2.75, 3.05) is 39.3 Å². The molecule has 2 rings (SSSR count). The van der Waals surface area contributed by atoms with Gasteiger partial charge in [0.05, 0.1) is 18.8 Å². The van der Waals surface area contributed by atoms with Crippen LogP contribution in [0.3, 0.4) is 0 Å². The van der Waals surface area contributed by atoms with E-state index in [2.05, 4.69) is 17.1 Å². The molecule has 106 valence electrons. The Bertz CT molecular complexity index is 358. The van der Waals surface area contributed by atoms with Gasteiger partial charge in [0.15, 0.2) is 0 Å². The van der Waals surface area contributed by atoms with Crippen molar-refractivity contribution < 1.29 is 9.84 Å². The summed E-state index contributed by atoms with van der Waals surface area (Å²) in [5.41, 5.74) is 0.953. The maximum Gasteiger partial charge on any atom is 0.0914 e. The minimum atomic E-state index is -0.452. The smallest absolute Gasteiger partial charge is 0.0914 e. The first-order chi connectivity index (χ1) is 9.29. The molecule has 1 aliphatic rings. The number of hydrogen-bond acceptors (Lipinski definition) is 4. The maximum absolute atomic E-state index is 10.0. The lowest BCUT2D eigenvalue weighted by Crippen LogP contribution is -2.46. The van der Waals surface area contributed by atoms with Crippen LogP contribution in [0.5, 0.6) is 0 Å². The highest BCUT2D eigenvalue weighted by Gasteiger charge is 2.19. The molecular weight excluding hydrogens is 240 g/mol. The largest absolute Gasteiger partial charge is 0.387 e. The van der Waals surface area contributed by atoms with Gasteiger partial charge in [-0.3, -0.25) is 4.90 Å². The quantitative estimate of drug-likeness (QED) is 0.805. The van der Waals surface area contributed by atoms with Gasteiger partial charge in [0.2, 0.25) is 0 Å². The van der Waals surface area contributed by atoms with E-state index in [1.54, 1.807) is 0 Å². The van der Waals surface area contributed by atoms with Gasteiger partial charge in [-0.25, -0.2) is 0 Å². The van der Waals surface area contributed by atoms with Crippen molar-refractivity contribution in [3.8, 4) is 0 Å². The topological polar surface area (TPSA) is 44.7 Å². The van der Waals surface area contributed by atoms with Crippen molar-refractivity contribution in [3.63, 3.8) is 0 Å². The molecule has 19 heavy (non-hydrogen) atoms. The Hall–Kier alpha value is -0.940. The van der Waals surface area contributed by atoms with Gasteiger partial charge in [-0.05, 0) is 12.1 Å². The Morgan fingerprint density at radius 2 is 2.21 bits per heavy atom. The average molecular weight is 264 g/mol. The summed E-state index contributed by atoms with van der Waals surface area (Å²) in [6.07, 6.45) is -0.219. The molecule has 2 unspecified atom stereocenters. The summed E-state index contributed by atoms with van der Waals surface area (Å²) >= 11 is 0. The average Bonchev–Trinajstić information content (AvgIpc) is 2.48. The van der Waals surface area contributed by atoms with Crippen LogP contribution in [-0.2, 0) is 4.74 Å². The van der Waals surface area contributed by atoms with E-state index in [9.17, 15) is 5.11 Å². The highest BCUT2D eigenvalue weighted by molar-refractivity contribution is 5.17. The number of ether oxygens (including phenoxy) is 1. The normalized spacial score (nSPS) is 22.3. The number of nitrogens with one attached hydrogen (secondary N) is 1. The summed E-state index contributed by atoms with van der Waals surface area (Å²) in [5.74, 6) is 0. The highest BCUT2D eigenvalue weighted by atomic mass is 16.5. The van der Waals surface area contributed by atoms with E-state index in [1.807, 2.05) is 30.3 Å². The van der Waals surface area contributed by atoms with Crippen LogP contribution in [0.4, 0.5) is 0 Å². The fourth-order valence-corrected chi connectivity index (χ4v) is 2.37. The highest BCUT2D eigenvalue weighted by Crippen LogP contribution is 2.10. The van der Waals surface area contributed by atoms with Gasteiger partial charge < -0.3 is 15.2 Å². The Labute approximate surface area is 115 Å². The van der Waals surface area contributed by atoms with Gasteiger partial charge >= 0.3 is 0 Å². The van der Waals surface area contributed by atoms with E-state index in [0.717, 1.165) is 38.3 Å². The molecule has 2 atom stereocenters. The maximum atomic E-state index is 10.0. The first kappa shape index (κ1) is 14.5. The van der Waals surface area contributed by atoms with E-state index in [0.29, 0.717) is 6.54 Å². The van der Waals surface area contributed by atoms with Gasteiger partial charge in [-0.15, -0.1) is 0 Å². The molecule has 4 nitrogen and oxygen atoms in total. The van der Waals surface area contributed by atoms with Crippen molar-refractivity contribution in [2.45, 2.75) is 19.1 Å². The zero-order chi connectivity index (χ0) is 13.5. The van der Waals surface area contributed by atoms with Crippen LogP contribution in [-0.4, -0.2) is 55.4 Å². The number of aliphatic hydroxyl groups excluding tert-OH is 1. The second-order valence-electron chi connectivity index (χ2n) is 4.97. The summed E-state index contributed by atoms with van der Waals surface area (Å²) < 4.78 is 5.71.